The molecule has 0 bridgehead atoms. The standard InChI is InChI=1S/C11H18O/c1-7-10(3,4)9(12)11(5,6)8-2/h7-8H,1-2H2,3-6H3. The molecule has 0 saturated heterocycles. The lowest BCUT2D eigenvalue weighted by atomic mass is 9.74. The molecule has 0 saturated carbocycles. The van der Waals surface area contributed by atoms with Gasteiger partial charge in [-0.1, -0.05) is 12.2 Å². The van der Waals surface area contributed by atoms with E-state index in [-0.39, 0.29) is 5.78 Å². The molecule has 0 rings (SSSR count). The number of ketones is 1. The Morgan fingerprint density at radius 1 is 1.00 bits per heavy atom. The Hall–Kier alpha value is -0.850. The molecule has 12 heavy (non-hydrogen) atoms. The van der Waals surface area contributed by atoms with Crippen LogP contribution in [0.3, 0.4) is 0 Å². The molecule has 0 aromatic heterocycles. The summed E-state index contributed by atoms with van der Waals surface area (Å²) < 4.78 is 0. The van der Waals surface area contributed by atoms with Gasteiger partial charge in [0.15, 0.2) is 5.78 Å². The fourth-order valence-corrected chi connectivity index (χ4v) is 1.02. The molecule has 0 radical (unpaired) electrons. The first-order valence-corrected chi connectivity index (χ1v) is 4.10. The summed E-state index contributed by atoms with van der Waals surface area (Å²) in [5.41, 5.74) is -0.921. The van der Waals surface area contributed by atoms with E-state index in [9.17, 15) is 4.79 Å². The lowest BCUT2D eigenvalue weighted by Crippen LogP contribution is -2.33. The van der Waals surface area contributed by atoms with Crippen LogP contribution in [0.15, 0.2) is 25.3 Å². The van der Waals surface area contributed by atoms with Gasteiger partial charge in [0, 0.05) is 10.8 Å². The van der Waals surface area contributed by atoms with Crippen molar-refractivity contribution in [1.29, 1.82) is 0 Å². The van der Waals surface area contributed by atoms with Crippen molar-refractivity contribution in [2.45, 2.75) is 27.7 Å². The minimum absolute atomic E-state index is 0.153. The third-order valence-electron chi connectivity index (χ3n) is 2.19. The molecular weight excluding hydrogens is 148 g/mol. The van der Waals surface area contributed by atoms with Crippen LogP contribution in [0.2, 0.25) is 0 Å². The van der Waals surface area contributed by atoms with Crippen LogP contribution in [0, 0.1) is 10.8 Å². The maximum atomic E-state index is 11.8. The Morgan fingerprint density at radius 3 is 1.42 bits per heavy atom. The summed E-state index contributed by atoms with van der Waals surface area (Å²) in [6, 6.07) is 0. The lowest BCUT2D eigenvalue weighted by molar-refractivity contribution is -0.131. The zero-order chi connectivity index (χ0) is 9.99. The van der Waals surface area contributed by atoms with Crippen LogP contribution in [-0.2, 0) is 4.79 Å². The molecule has 0 amide bonds. The number of hydrogen-bond donors (Lipinski definition) is 0. The van der Waals surface area contributed by atoms with E-state index in [0.717, 1.165) is 0 Å². The summed E-state index contributed by atoms with van der Waals surface area (Å²) in [5.74, 6) is 0.153. The largest absolute Gasteiger partial charge is 0.298 e. The molecule has 0 fully saturated rings. The second kappa shape index (κ2) is 3.26. The molecule has 0 aliphatic rings. The molecule has 0 heterocycles. The van der Waals surface area contributed by atoms with E-state index in [2.05, 4.69) is 13.2 Å². The number of carbonyl (C=O) groups excluding carboxylic acids is 1. The van der Waals surface area contributed by atoms with E-state index in [4.69, 9.17) is 0 Å². The summed E-state index contributed by atoms with van der Waals surface area (Å²) in [6.45, 7) is 14.8. The second-order valence-electron chi connectivity index (χ2n) is 4.18. The van der Waals surface area contributed by atoms with Crippen LogP contribution in [0.1, 0.15) is 27.7 Å². The molecule has 1 nitrogen and oxygen atoms in total. The number of Topliss-reactive ketones (excluding diaryl/α,β-unsaturated/α-hetero) is 1. The third-order valence-corrected chi connectivity index (χ3v) is 2.19. The molecule has 0 N–H and O–H groups in total. The summed E-state index contributed by atoms with van der Waals surface area (Å²) in [7, 11) is 0. The van der Waals surface area contributed by atoms with Gasteiger partial charge in [0.05, 0.1) is 0 Å². The third kappa shape index (κ3) is 2.07. The van der Waals surface area contributed by atoms with Gasteiger partial charge >= 0.3 is 0 Å². The number of rotatable bonds is 4. The van der Waals surface area contributed by atoms with Crippen LogP contribution < -0.4 is 0 Å². The van der Waals surface area contributed by atoms with Gasteiger partial charge < -0.3 is 0 Å². The van der Waals surface area contributed by atoms with Gasteiger partial charge in [-0.05, 0) is 27.7 Å². The Labute approximate surface area is 75.2 Å². The summed E-state index contributed by atoms with van der Waals surface area (Å²) >= 11 is 0. The normalized spacial score (nSPS) is 12.3. The van der Waals surface area contributed by atoms with Crippen LogP contribution in [0.25, 0.3) is 0 Å². The van der Waals surface area contributed by atoms with E-state index in [1.54, 1.807) is 12.2 Å². The van der Waals surface area contributed by atoms with E-state index in [1.165, 1.54) is 0 Å². The fraction of sp³-hybridized carbons (Fsp3) is 0.545. The zero-order valence-electron chi connectivity index (χ0n) is 8.48. The van der Waals surface area contributed by atoms with Crippen molar-refractivity contribution in [2.75, 3.05) is 0 Å². The predicted octanol–water partition coefficient (Wildman–Crippen LogP) is 2.98. The van der Waals surface area contributed by atoms with Crippen LogP contribution in [-0.4, -0.2) is 5.78 Å². The van der Waals surface area contributed by atoms with Gasteiger partial charge in [0.25, 0.3) is 0 Å². The highest BCUT2D eigenvalue weighted by atomic mass is 16.1. The molecule has 0 aromatic rings. The molecule has 1 heteroatoms. The maximum absolute atomic E-state index is 11.8. The van der Waals surface area contributed by atoms with Crippen molar-refractivity contribution in [3.8, 4) is 0 Å². The first kappa shape index (κ1) is 11.2. The van der Waals surface area contributed by atoms with Crippen molar-refractivity contribution < 1.29 is 4.79 Å². The number of allylic oxidation sites excluding steroid dienone is 2. The summed E-state index contributed by atoms with van der Waals surface area (Å²) in [6.07, 6.45) is 3.36. The summed E-state index contributed by atoms with van der Waals surface area (Å²) in [5, 5.41) is 0. The summed E-state index contributed by atoms with van der Waals surface area (Å²) in [4.78, 5) is 11.8. The second-order valence-corrected chi connectivity index (χ2v) is 4.18. The van der Waals surface area contributed by atoms with Gasteiger partial charge in [-0.2, -0.15) is 0 Å². The first-order chi connectivity index (χ1) is 5.28. The van der Waals surface area contributed by atoms with Gasteiger partial charge in [-0.15, -0.1) is 13.2 Å². The van der Waals surface area contributed by atoms with Crippen LogP contribution in [0.5, 0.6) is 0 Å². The molecule has 0 aliphatic carbocycles. The lowest BCUT2D eigenvalue weighted by Gasteiger charge is -2.28. The molecule has 0 aliphatic heterocycles. The highest BCUT2D eigenvalue weighted by molar-refractivity contribution is 5.92. The maximum Gasteiger partial charge on any atom is 0.151 e. The number of hydrogen-bond acceptors (Lipinski definition) is 1. The van der Waals surface area contributed by atoms with E-state index in [1.807, 2.05) is 27.7 Å². The highest BCUT2D eigenvalue weighted by Crippen LogP contribution is 2.30. The Balaban J connectivity index is 4.83. The Kier molecular flexibility index (Phi) is 3.03. The van der Waals surface area contributed by atoms with Crippen molar-refractivity contribution in [3.05, 3.63) is 25.3 Å². The minimum Gasteiger partial charge on any atom is -0.298 e. The molecule has 0 unspecified atom stereocenters. The van der Waals surface area contributed by atoms with E-state index >= 15 is 0 Å². The monoisotopic (exact) mass is 166 g/mol. The quantitative estimate of drug-likeness (QED) is 0.587. The van der Waals surface area contributed by atoms with Gasteiger partial charge in [-0.3, -0.25) is 4.79 Å². The zero-order valence-corrected chi connectivity index (χ0v) is 8.48. The molecule has 0 aromatic carbocycles. The van der Waals surface area contributed by atoms with Crippen molar-refractivity contribution in [3.63, 3.8) is 0 Å². The van der Waals surface area contributed by atoms with Crippen LogP contribution >= 0.6 is 0 Å². The van der Waals surface area contributed by atoms with Crippen molar-refractivity contribution >= 4 is 5.78 Å². The molecule has 0 atom stereocenters. The fourth-order valence-electron chi connectivity index (χ4n) is 1.02. The first-order valence-electron chi connectivity index (χ1n) is 4.10. The predicted molar refractivity (Wildman–Crippen MR) is 53.0 cm³/mol. The average molecular weight is 166 g/mol. The van der Waals surface area contributed by atoms with E-state index < -0.39 is 10.8 Å². The van der Waals surface area contributed by atoms with E-state index in [0.29, 0.717) is 0 Å². The molecular formula is C11H18O. The Morgan fingerprint density at radius 2 is 1.25 bits per heavy atom. The molecule has 0 spiro atoms. The SMILES string of the molecule is C=CC(C)(C)C(=O)C(C)(C)C=C. The topological polar surface area (TPSA) is 17.1 Å². The Bertz CT molecular complexity index is 187. The van der Waals surface area contributed by atoms with Crippen molar-refractivity contribution in [2.24, 2.45) is 10.8 Å². The van der Waals surface area contributed by atoms with Crippen molar-refractivity contribution in [1.82, 2.24) is 0 Å². The smallest absolute Gasteiger partial charge is 0.151 e. The van der Waals surface area contributed by atoms with Crippen LogP contribution in [0.4, 0.5) is 0 Å². The average Bonchev–Trinajstić information content (AvgIpc) is 2.03. The number of carbonyl (C=O) groups is 1. The van der Waals surface area contributed by atoms with Gasteiger partial charge in [0.1, 0.15) is 0 Å². The van der Waals surface area contributed by atoms with Gasteiger partial charge in [-0.25, -0.2) is 0 Å². The molecule has 68 valence electrons. The van der Waals surface area contributed by atoms with Gasteiger partial charge in [0.2, 0.25) is 0 Å². The minimum atomic E-state index is -0.461. The highest BCUT2D eigenvalue weighted by Gasteiger charge is 2.34.